The molecule has 1 aliphatic rings. The first-order valence-electron chi connectivity index (χ1n) is 4.97. The molecule has 1 radical (unpaired) electrons. The second kappa shape index (κ2) is 3.45. The monoisotopic (exact) mass is 188 g/mol. The van der Waals surface area contributed by atoms with Crippen molar-refractivity contribution < 1.29 is 4.79 Å². The van der Waals surface area contributed by atoms with Crippen LogP contribution in [0.15, 0.2) is 18.2 Å². The van der Waals surface area contributed by atoms with Crippen LogP contribution in [0.3, 0.4) is 0 Å². The molecule has 2 nitrogen and oxygen atoms in total. The van der Waals surface area contributed by atoms with Gasteiger partial charge in [-0.05, 0) is 37.5 Å². The Labute approximate surface area is 84.5 Å². The number of carbonyl (C=O) groups is 1. The first kappa shape index (κ1) is 9.25. The van der Waals surface area contributed by atoms with Crippen LogP contribution in [0.5, 0.6) is 0 Å². The highest BCUT2D eigenvalue weighted by molar-refractivity contribution is 5.96. The van der Waals surface area contributed by atoms with E-state index < -0.39 is 0 Å². The lowest BCUT2D eigenvalue weighted by atomic mass is 9.99. The second-order valence-corrected chi connectivity index (χ2v) is 3.60. The Hall–Kier alpha value is -1.31. The molecule has 0 atom stereocenters. The minimum absolute atomic E-state index is 0.233. The molecule has 2 rings (SSSR count). The predicted molar refractivity (Wildman–Crippen MR) is 57.2 cm³/mol. The molecule has 1 aromatic rings. The third-order valence-corrected chi connectivity index (χ3v) is 2.66. The van der Waals surface area contributed by atoms with E-state index in [0.717, 1.165) is 24.2 Å². The number of nitrogens with zero attached hydrogens (tertiary/aromatic N) is 1. The van der Waals surface area contributed by atoms with Crippen molar-refractivity contribution in [2.24, 2.45) is 0 Å². The Bertz CT molecular complexity index is 371. The molecule has 73 valence electrons. The van der Waals surface area contributed by atoms with Gasteiger partial charge in [-0.2, -0.15) is 0 Å². The Kier molecular flexibility index (Phi) is 2.28. The van der Waals surface area contributed by atoms with Gasteiger partial charge >= 0.3 is 0 Å². The van der Waals surface area contributed by atoms with Crippen LogP contribution in [0.25, 0.3) is 0 Å². The summed E-state index contributed by atoms with van der Waals surface area (Å²) in [6.45, 7) is 6.65. The second-order valence-electron chi connectivity index (χ2n) is 3.60. The molecule has 0 N–H and O–H groups in total. The minimum atomic E-state index is 0.233. The molecule has 2 heteroatoms. The van der Waals surface area contributed by atoms with Crippen LogP contribution in [0.4, 0.5) is 5.69 Å². The van der Waals surface area contributed by atoms with E-state index in [4.69, 9.17) is 0 Å². The smallest absolute Gasteiger partial charge is 0.227 e. The van der Waals surface area contributed by atoms with Crippen molar-refractivity contribution in [1.29, 1.82) is 0 Å². The number of anilines is 1. The summed E-state index contributed by atoms with van der Waals surface area (Å²) in [4.78, 5) is 13.4. The van der Waals surface area contributed by atoms with Crippen LogP contribution >= 0.6 is 0 Å². The summed E-state index contributed by atoms with van der Waals surface area (Å²) in [7, 11) is 0. The van der Waals surface area contributed by atoms with Gasteiger partial charge in [-0.25, -0.2) is 0 Å². The zero-order valence-electron chi connectivity index (χ0n) is 8.42. The van der Waals surface area contributed by atoms with Gasteiger partial charge in [0, 0.05) is 18.7 Å². The van der Waals surface area contributed by atoms with Gasteiger partial charge in [0.2, 0.25) is 5.91 Å². The van der Waals surface area contributed by atoms with Crippen LogP contribution < -0.4 is 4.90 Å². The fraction of sp³-hybridized carbons (Fsp3) is 0.333. The lowest BCUT2D eigenvalue weighted by Gasteiger charge is -2.28. The average molecular weight is 188 g/mol. The number of fused-ring (bicyclic) bond motifs is 1. The van der Waals surface area contributed by atoms with E-state index in [1.165, 1.54) is 5.56 Å². The number of amides is 1. The van der Waals surface area contributed by atoms with Crippen LogP contribution in [-0.4, -0.2) is 12.5 Å². The summed E-state index contributed by atoms with van der Waals surface area (Å²) in [5.74, 6) is 0.233. The topological polar surface area (TPSA) is 20.3 Å². The van der Waals surface area contributed by atoms with Gasteiger partial charge in [0.1, 0.15) is 0 Å². The molecule has 0 spiro atoms. The van der Waals surface area contributed by atoms with Crippen LogP contribution in [0.1, 0.15) is 24.5 Å². The molecule has 1 aromatic carbocycles. The predicted octanol–water partition coefficient (Wildman–Crippen LogP) is 2.17. The van der Waals surface area contributed by atoms with Crippen LogP contribution in [0.2, 0.25) is 0 Å². The highest BCUT2D eigenvalue weighted by Gasteiger charge is 2.22. The van der Waals surface area contributed by atoms with Crippen molar-refractivity contribution in [1.82, 2.24) is 0 Å². The first-order chi connectivity index (χ1) is 6.72. The molecule has 1 amide bonds. The summed E-state index contributed by atoms with van der Waals surface area (Å²) in [6, 6.07) is 6.03. The number of hydrogen-bond acceptors (Lipinski definition) is 1. The quantitative estimate of drug-likeness (QED) is 0.661. The van der Waals surface area contributed by atoms with Crippen molar-refractivity contribution in [2.75, 3.05) is 11.4 Å². The third-order valence-electron chi connectivity index (χ3n) is 2.66. The van der Waals surface area contributed by atoms with Gasteiger partial charge < -0.3 is 4.90 Å². The van der Waals surface area contributed by atoms with E-state index in [9.17, 15) is 4.79 Å². The van der Waals surface area contributed by atoms with Gasteiger partial charge in [0.25, 0.3) is 0 Å². The van der Waals surface area contributed by atoms with Crippen molar-refractivity contribution in [3.8, 4) is 0 Å². The number of benzene rings is 1. The van der Waals surface area contributed by atoms with Crippen LogP contribution in [-0.2, 0) is 11.2 Å². The molecular weight excluding hydrogens is 174 g/mol. The summed E-state index contributed by atoms with van der Waals surface area (Å²) in [5.41, 5.74) is 3.34. The molecule has 1 aliphatic heterocycles. The van der Waals surface area contributed by atoms with Crippen LogP contribution in [0, 0.1) is 6.92 Å². The highest BCUT2D eigenvalue weighted by atomic mass is 16.2. The summed E-state index contributed by atoms with van der Waals surface area (Å²) in [6.07, 6.45) is 1.48. The summed E-state index contributed by atoms with van der Waals surface area (Å²) < 4.78 is 0. The van der Waals surface area contributed by atoms with E-state index in [2.05, 4.69) is 13.0 Å². The van der Waals surface area contributed by atoms with E-state index in [-0.39, 0.29) is 5.91 Å². The summed E-state index contributed by atoms with van der Waals surface area (Å²) in [5, 5.41) is 0. The zero-order valence-corrected chi connectivity index (χ0v) is 8.42. The normalized spacial score (nSPS) is 15.6. The fourth-order valence-corrected chi connectivity index (χ4v) is 1.96. The van der Waals surface area contributed by atoms with E-state index in [1.807, 2.05) is 24.0 Å². The first-order valence-corrected chi connectivity index (χ1v) is 4.97. The number of hydrogen-bond donors (Lipinski definition) is 0. The molecule has 0 unspecified atom stereocenters. The molecule has 0 fully saturated rings. The molecule has 0 aromatic heterocycles. The Balaban J connectivity index is 2.47. The number of carbonyl (C=O) groups excluding carboxylic acids is 1. The van der Waals surface area contributed by atoms with Crippen molar-refractivity contribution in [3.05, 3.63) is 36.2 Å². The minimum Gasteiger partial charge on any atom is -0.312 e. The van der Waals surface area contributed by atoms with Gasteiger partial charge in [-0.15, -0.1) is 0 Å². The van der Waals surface area contributed by atoms with E-state index >= 15 is 0 Å². The van der Waals surface area contributed by atoms with Gasteiger partial charge in [0.15, 0.2) is 0 Å². The maximum atomic E-state index is 11.6. The SMILES string of the molecule is [CH2]c1ccc2c(c1)CCC(=O)N2CC. The molecule has 0 aliphatic carbocycles. The molecular formula is C12H14NO. The summed E-state index contributed by atoms with van der Waals surface area (Å²) >= 11 is 0. The maximum Gasteiger partial charge on any atom is 0.227 e. The molecule has 0 saturated carbocycles. The Morgan fingerprint density at radius 1 is 1.43 bits per heavy atom. The van der Waals surface area contributed by atoms with E-state index in [0.29, 0.717) is 6.42 Å². The number of aryl methyl sites for hydroxylation is 1. The van der Waals surface area contributed by atoms with Crippen molar-refractivity contribution in [3.63, 3.8) is 0 Å². The molecule has 0 saturated heterocycles. The lowest BCUT2D eigenvalue weighted by Crippen LogP contribution is -2.34. The van der Waals surface area contributed by atoms with Gasteiger partial charge in [0.05, 0.1) is 0 Å². The van der Waals surface area contributed by atoms with Gasteiger partial charge in [-0.1, -0.05) is 12.1 Å². The van der Waals surface area contributed by atoms with E-state index in [1.54, 1.807) is 0 Å². The zero-order chi connectivity index (χ0) is 10.1. The Morgan fingerprint density at radius 3 is 2.93 bits per heavy atom. The average Bonchev–Trinajstić information content (AvgIpc) is 2.18. The standard InChI is InChI=1S/C12H14NO/c1-3-13-11-6-4-9(2)8-10(11)5-7-12(13)14/h4,6,8H,2-3,5,7H2,1H3. The number of rotatable bonds is 1. The molecule has 14 heavy (non-hydrogen) atoms. The fourth-order valence-electron chi connectivity index (χ4n) is 1.96. The lowest BCUT2D eigenvalue weighted by molar-refractivity contribution is -0.118. The maximum absolute atomic E-state index is 11.6. The Morgan fingerprint density at radius 2 is 2.21 bits per heavy atom. The largest absolute Gasteiger partial charge is 0.312 e. The highest BCUT2D eigenvalue weighted by Crippen LogP contribution is 2.28. The third kappa shape index (κ3) is 1.41. The van der Waals surface area contributed by atoms with Gasteiger partial charge in [-0.3, -0.25) is 4.79 Å². The molecule has 0 bridgehead atoms. The van der Waals surface area contributed by atoms with Crippen molar-refractivity contribution >= 4 is 11.6 Å². The molecule has 1 heterocycles. The van der Waals surface area contributed by atoms with Crippen molar-refractivity contribution in [2.45, 2.75) is 19.8 Å².